The van der Waals surface area contributed by atoms with Crippen molar-refractivity contribution in [1.82, 2.24) is 19.2 Å². The van der Waals surface area contributed by atoms with Crippen LogP contribution in [0.25, 0.3) is 16.6 Å². The molecular formula is C18H13Cl2N5O2. The lowest BCUT2D eigenvalue weighted by Gasteiger charge is -2.06. The highest BCUT2D eigenvalue weighted by Crippen LogP contribution is 2.21. The number of anilines is 1. The number of nitrogens with one attached hydrogen (secondary N) is 1. The summed E-state index contributed by atoms with van der Waals surface area (Å²) < 4.78 is 2.37. The van der Waals surface area contributed by atoms with Gasteiger partial charge in [-0.25, -0.2) is 18.9 Å². The van der Waals surface area contributed by atoms with Crippen molar-refractivity contribution in [3.05, 3.63) is 68.8 Å². The Morgan fingerprint density at radius 3 is 2.78 bits per heavy atom. The Kier molecular flexibility index (Phi) is 4.33. The lowest BCUT2D eigenvalue weighted by Crippen LogP contribution is -2.28. The minimum absolute atomic E-state index is 0.242. The number of hydrogen-bond donors (Lipinski definition) is 1. The summed E-state index contributed by atoms with van der Waals surface area (Å²) in [5, 5.41) is 8.67. The van der Waals surface area contributed by atoms with Crippen molar-refractivity contribution in [2.24, 2.45) is 0 Å². The van der Waals surface area contributed by atoms with Crippen LogP contribution in [0.3, 0.4) is 0 Å². The number of hydrogen-bond acceptors (Lipinski definition) is 4. The van der Waals surface area contributed by atoms with E-state index in [1.807, 2.05) is 6.92 Å². The first kappa shape index (κ1) is 17.5. The van der Waals surface area contributed by atoms with E-state index in [2.05, 4.69) is 15.4 Å². The van der Waals surface area contributed by atoms with Gasteiger partial charge in [-0.3, -0.25) is 4.79 Å². The molecule has 0 aliphatic rings. The van der Waals surface area contributed by atoms with E-state index in [0.717, 1.165) is 10.2 Å². The molecule has 0 saturated heterocycles. The number of carbonyl (C=O) groups excluding carboxylic acids is 1. The number of nitrogens with zero attached hydrogens (tertiary/aromatic N) is 4. The molecule has 2 heterocycles. The van der Waals surface area contributed by atoms with Crippen LogP contribution in [0.2, 0.25) is 10.0 Å². The average Bonchev–Trinajstić information content (AvgIpc) is 2.94. The Labute approximate surface area is 163 Å². The van der Waals surface area contributed by atoms with Gasteiger partial charge >= 0.3 is 5.69 Å². The first-order valence-corrected chi connectivity index (χ1v) is 8.77. The summed E-state index contributed by atoms with van der Waals surface area (Å²) in [6.07, 6.45) is 1.38. The molecular weight excluding hydrogens is 389 g/mol. The second-order valence-corrected chi connectivity index (χ2v) is 6.90. The monoisotopic (exact) mass is 401 g/mol. The molecule has 136 valence electrons. The van der Waals surface area contributed by atoms with Crippen molar-refractivity contribution in [1.29, 1.82) is 0 Å². The minimum Gasteiger partial charge on any atom is -0.324 e. The molecule has 1 amide bonds. The third-order valence-electron chi connectivity index (χ3n) is 4.13. The maximum Gasteiger partial charge on any atom is 0.352 e. The largest absolute Gasteiger partial charge is 0.352 e. The first-order chi connectivity index (χ1) is 12.9. The van der Waals surface area contributed by atoms with Crippen molar-refractivity contribution < 1.29 is 4.79 Å². The van der Waals surface area contributed by atoms with E-state index in [9.17, 15) is 9.59 Å². The molecule has 0 radical (unpaired) electrons. The number of halogens is 2. The number of benzene rings is 2. The molecule has 4 rings (SSSR count). The third-order valence-corrected chi connectivity index (χ3v) is 4.77. The number of aromatic nitrogens is 4. The number of aryl methyl sites for hydroxylation is 1. The Morgan fingerprint density at radius 1 is 1.19 bits per heavy atom. The molecule has 1 N–H and O–H groups in total. The van der Waals surface area contributed by atoms with Gasteiger partial charge in [-0.2, -0.15) is 0 Å². The van der Waals surface area contributed by atoms with Crippen molar-refractivity contribution >= 4 is 51.3 Å². The standard InChI is InChI=1S/C18H13Cl2N5O2/c1-10-2-4-12(7-14(10)20)22-16(26)8-25-18(27)24-9-21-15-5-3-11(19)6-13(15)17(24)23-25/h2-7,9H,8H2,1H3,(H,22,26). The second-order valence-electron chi connectivity index (χ2n) is 6.05. The molecule has 0 bridgehead atoms. The van der Waals surface area contributed by atoms with Crippen LogP contribution >= 0.6 is 23.2 Å². The molecule has 4 aromatic rings. The fourth-order valence-corrected chi connectivity index (χ4v) is 3.09. The van der Waals surface area contributed by atoms with Crippen LogP contribution in [0.1, 0.15) is 5.56 Å². The molecule has 9 heteroatoms. The van der Waals surface area contributed by atoms with Crippen LogP contribution in [0.5, 0.6) is 0 Å². The molecule has 2 aromatic carbocycles. The average molecular weight is 402 g/mol. The maximum atomic E-state index is 12.5. The normalized spacial score (nSPS) is 11.2. The van der Waals surface area contributed by atoms with Crippen LogP contribution in [-0.4, -0.2) is 25.1 Å². The van der Waals surface area contributed by atoms with Crippen LogP contribution in [0.15, 0.2) is 47.5 Å². The van der Waals surface area contributed by atoms with Crippen molar-refractivity contribution in [2.45, 2.75) is 13.5 Å². The smallest absolute Gasteiger partial charge is 0.324 e. The third kappa shape index (κ3) is 3.27. The minimum atomic E-state index is -0.462. The van der Waals surface area contributed by atoms with Gasteiger partial charge in [0, 0.05) is 21.1 Å². The molecule has 0 spiro atoms. The van der Waals surface area contributed by atoms with Crippen LogP contribution < -0.4 is 11.0 Å². The van der Waals surface area contributed by atoms with E-state index >= 15 is 0 Å². The van der Waals surface area contributed by atoms with Gasteiger partial charge in [-0.05, 0) is 42.8 Å². The summed E-state index contributed by atoms with van der Waals surface area (Å²) >= 11 is 12.1. The summed E-state index contributed by atoms with van der Waals surface area (Å²) in [5.74, 6) is -0.393. The summed E-state index contributed by atoms with van der Waals surface area (Å²) in [6.45, 7) is 1.63. The Morgan fingerprint density at radius 2 is 2.00 bits per heavy atom. The lowest BCUT2D eigenvalue weighted by molar-refractivity contribution is -0.117. The van der Waals surface area contributed by atoms with E-state index in [0.29, 0.717) is 32.3 Å². The molecule has 0 saturated carbocycles. The van der Waals surface area contributed by atoms with Crippen molar-refractivity contribution in [3.63, 3.8) is 0 Å². The maximum absolute atomic E-state index is 12.5. The molecule has 0 aliphatic carbocycles. The summed E-state index contributed by atoms with van der Waals surface area (Å²) in [6, 6.07) is 10.3. The molecule has 2 aromatic heterocycles. The van der Waals surface area contributed by atoms with E-state index < -0.39 is 11.6 Å². The Bertz CT molecular complexity index is 1260. The molecule has 0 unspecified atom stereocenters. The predicted octanol–water partition coefficient (Wildman–Crippen LogP) is 3.30. The van der Waals surface area contributed by atoms with Crippen LogP contribution in [0.4, 0.5) is 5.69 Å². The quantitative estimate of drug-likeness (QED) is 0.570. The van der Waals surface area contributed by atoms with Gasteiger partial charge in [0.25, 0.3) is 0 Å². The zero-order valence-electron chi connectivity index (χ0n) is 14.1. The highest BCUT2D eigenvalue weighted by Gasteiger charge is 2.14. The lowest BCUT2D eigenvalue weighted by atomic mass is 10.2. The Balaban J connectivity index is 1.67. The Hall–Kier alpha value is -2.90. The SMILES string of the molecule is Cc1ccc(NC(=O)Cn2nc3c4cc(Cl)ccc4ncn3c2=O)cc1Cl. The zero-order chi connectivity index (χ0) is 19.1. The van der Waals surface area contributed by atoms with Gasteiger partial charge < -0.3 is 5.32 Å². The number of amides is 1. The topological polar surface area (TPSA) is 81.3 Å². The van der Waals surface area contributed by atoms with Crippen LogP contribution in [-0.2, 0) is 11.3 Å². The number of rotatable bonds is 3. The van der Waals surface area contributed by atoms with Gasteiger partial charge in [-0.1, -0.05) is 29.3 Å². The van der Waals surface area contributed by atoms with Crippen molar-refractivity contribution in [2.75, 3.05) is 5.32 Å². The van der Waals surface area contributed by atoms with Gasteiger partial charge in [0.1, 0.15) is 12.9 Å². The van der Waals surface area contributed by atoms with E-state index in [1.165, 1.54) is 10.7 Å². The van der Waals surface area contributed by atoms with Gasteiger partial charge in [-0.15, -0.1) is 5.10 Å². The first-order valence-electron chi connectivity index (χ1n) is 8.02. The van der Waals surface area contributed by atoms with E-state index in [1.54, 1.807) is 36.4 Å². The van der Waals surface area contributed by atoms with E-state index in [-0.39, 0.29) is 6.54 Å². The molecule has 7 nitrogen and oxygen atoms in total. The number of fused-ring (bicyclic) bond motifs is 3. The molecule has 0 atom stereocenters. The zero-order valence-corrected chi connectivity index (χ0v) is 15.6. The fourth-order valence-electron chi connectivity index (χ4n) is 2.74. The van der Waals surface area contributed by atoms with Crippen LogP contribution in [0, 0.1) is 6.92 Å². The number of carbonyl (C=O) groups is 1. The molecule has 27 heavy (non-hydrogen) atoms. The van der Waals surface area contributed by atoms with Crippen molar-refractivity contribution in [3.8, 4) is 0 Å². The van der Waals surface area contributed by atoms with Gasteiger partial charge in [0.15, 0.2) is 5.65 Å². The molecule has 0 fully saturated rings. The second kappa shape index (κ2) is 6.68. The van der Waals surface area contributed by atoms with Gasteiger partial charge in [0.05, 0.1) is 5.52 Å². The summed E-state index contributed by atoms with van der Waals surface area (Å²) in [5.41, 5.74) is 2.04. The fraction of sp³-hybridized carbons (Fsp3) is 0.111. The highest BCUT2D eigenvalue weighted by molar-refractivity contribution is 6.32. The highest BCUT2D eigenvalue weighted by atomic mass is 35.5. The predicted molar refractivity (Wildman–Crippen MR) is 105 cm³/mol. The summed E-state index contributed by atoms with van der Waals surface area (Å²) in [7, 11) is 0. The molecule has 0 aliphatic heterocycles. The van der Waals surface area contributed by atoms with Gasteiger partial charge in [0.2, 0.25) is 5.91 Å². The van der Waals surface area contributed by atoms with E-state index in [4.69, 9.17) is 23.2 Å². The summed E-state index contributed by atoms with van der Waals surface area (Å²) in [4.78, 5) is 29.1.